The van der Waals surface area contributed by atoms with Gasteiger partial charge in [0, 0.05) is 15.7 Å². The Morgan fingerprint density at radius 3 is 2.85 bits per heavy atom. The first-order valence-corrected chi connectivity index (χ1v) is 7.16. The van der Waals surface area contributed by atoms with E-state index >= 15 is 0 Å². The molecule has 1 aliphatic carbocycles. The molecule has 20 heavy (non-hydrogen) atoms. The van der Waals surface area contributed by atoms with Crippen LogP contribution in [-0.2, 0) is 12.8 Å². The number of nitrogens with zero attached hydrogens (tertiary/aromatic N) is 2. The first-order valence-electron chi connectivity index (χ1n) is 6.37. The van der Waals surface area contributed by atoms with Gasteiger partial charge in [-0.25, -0.2) is 13.9 Å². The van der Waals surface area contributed by atoms with Crippen LogP contribution in [-0.4, -0.2) is 20.9 Å². The van der Waals surface area contributed by atoms with Crippen LogP contribution in [0, 0.1) is 5.82 Å². The Labute approximate surface area is 123 Å². The number of aromatic carboxylic acids is 1. The molecular formula is C14H12BrFN2O2. The zero-order chi connectivity index (χ0) is 14.3. The van der Waals surface area contributed by atoms with Gasteiger partial charge in [0.2, 0.25) is 0 Å². The van der Waals surface area contributed by atoms with E-state index < -0.39 is 11.8 Å². The van der Waals surface area contributed by atoms with Gasteiger partial charge < -0.3 is 5.11 Å². The number of hydrogen-bond acceptors (Lipinski definition) is 2. The van der Waals surface area contributed by atoms with E-state index in [1.807, 2.05) is 0 Å². The molecule has 0 radical (unpaired) electrons. The van der Waals surface area contributed by atoms with Crippen molar-refractivity contribution in [1.29, 1.82) is 0 Å². The molecule has 1 heterocycles. The van der Waals surface area contributed by atoms with Crippen LogP contribution in [0.15, 0.2) is 22.7 Å². The zero-order valence-electron chi connectivity index (χ0n) is 10.6. The Balaban J connectivity index is 2.23. The third-order valence-electron chi connectivity index (χ3n) is 3.52. The van der Waals surface area contributed by atoms with Crippen LogP contribution < -0.4 is 0 Å². The van der Waals surface area contributed by atoms with Gasteiger partial charge in [0.05, 0.1) is 0 Å². The summed E-state index contributed by atoms with van der Waals surface area (Å²) < 4.78 is 16.2. The summed E-state index contributed by atoms with van der Waals surface area (Å²) in [6.07, 6.45) is 3.32. The summed E-state index contributed by atoms with van der Waals surface area (Å²) in [5.41, 5.74) is 1.87. The molecule has 0 bridgehead atoms. The molecule has 0 unspecified atom stereocenters. The minimum Gasteiger partial charge on any atom is -0.476 e. The number of aromatic nitrogens is 2. The van der Waals surface area contributed by atoms with Crippen molar-refractivity contribution in [1.82, 2.24) is 9.78 Å². The highest BCUT2D eigenvalue weighted by Crippen LogP contribution is 2.29. The SMILES string of the molecule is O=C(O)c1nn(-c2cc(Br)ccc2F)c2c1CCCC2. The number of rotatable bonds is 2. The minimum atomic E-state index is -1.06. The molecule has 1 aromatic carbocycles. The highest BCUT2D eigenvalue weighted by atomic mass is 79.9. The minimum absolute atomic E-state index is 0.0408. The molecule has 0 atom stereocenters. The number of hydrogen-bond donors (Lipinski definition) is 1. The molecule has 0 fully saturated rings. The zero-order valence-corrected chi connectivity index (χ0v) is 12.2. The van der Waals surface area contributed by atoms with Gasteiger partial charge in [-0.15, -0.1) is 0 Å². The molecule has 3 rings (SSSR count). The van der Waals surface area contributed by atoms with Crippen molar-refractivity contribution in [2.24, 2.45) is 0 Å². The molecule has 1 aromatic heterocycles. The summed E-state index contributed by atoms with van der Waals surface area (Å²) in [5, 5.41) is 13.4. The van der Waals surface area contributed by atoms with Crippen LogP contribution in [0.4, 0.5) is 4.39 Å². The maximum Gasteiger partial charge on any atom is 0.356 e. The maximum absolute atomic E-state index is 14.0. The van der Waals surface area contributed by atoms with E-state index in [4.69, 9.17) is 0 Å². The number of carbonyl (C=O) groups is 1. The van der Waals surface area contributed by atoms with E-state index in [-0.39, 0.29) is 11.4 Å². The Kier molecular flexibility index (Phi) is 3.33. The standard InChI is InChI=1S/C14H12BrFN2O2/c15-8-5-6-10(16)12(7-8)18-11-4-2-1-3-9(11)13(17-18)14(19)20/h5-7H,1-4H2,(H,19,20). The van der Waals surface area contributed by atoms with Crippen LogP contribution in [0.3, 0.4) is 0 Å². The average Bonchev–Trinajstić information content (AvgIpc) is 2.81. The predicted octanol–water partition coefficient (Wildman–Crippen LogP) is 3.35. The molecule has 1 aliphatic rings. The fourth-order valence-electron chi connectivity index (χ4n) is 2.62. The molecule has 0 spiro atoms. The van der Waals surface area contributed by atoms with Gasteiger partial charge in [0.15, 0.2) is 5.69 Å². The smallest absolute Gasteiger partial charge is 0.356 e. The van der Waals surface area contributed by atoms with E-state index in [0.29, 0.717) is 6.42 Å². The second kappa shape index (κ2) is 5.01. The Hall–Kier alpha value is -1.69. The fourth-order valence-corrected chi connectivity index (χ4v) is 2.97. The second-order valence-electron chi connectivity index (χ2n) is 4.79. The summed E-state index contributed by atoms with van der Waals surface area (Å²) in [4.78, 5) is 11.3. The van der Waals surface area contributed by atoms with Crippen molar-refractivity contribution >= 4 is 21.9 Å². The van der Waals surface area contributed by atoms with Crippen LogP contribution in [0.2, 0.25) is 0 Å². The van der Waals surface area contributed by atoms with E-state index in [1.54, 1.807) is 12.1 Å². The van der Waals surface area contributed by atoms with Gasteiger partial charge in [-0.05, 0) is 43.9 Å². The molecule has 4 nitrogen and oxygen atoms in total. The van der Waals surface area contributed by atoms with Crippen molar-refractivity contribution in [3.05, 3.63) is 45.4 Å². The van der Waals surface area contributed by atoms with Crippen molar-refractivity contribution in [2.45, 2.75) is 25.7 Å². The Morgan fingerprint density at radius 2 is 2.10 bits per heavy atom. The second-order valence-corrected chi connectivity index (χ2v) is 5.71. The summed E-state index contributed by atoms with van der Waals surface area (Å²) in [5.74, 6) is -1.47. The highest BCUT2D eigenvalue weighted by molar-refractivity contribution is 9.10. The lowest BCUT2D eigenvalue weighted by Gasteiger charge is -2.14. The van der Waals surface area contributed by atoms with Crippen LogP contribution >= 0.6 is 15.9 Å². The molecule has 0 saturated heterocycles. The number of benzene rings is 1. The van der Waals surface area contributed by atoms with Crippen molar-refractivity contribution in [3.8, 4) is 5.69 Å². The lowest BCUT2D eigenvalue weighted by Crippen LogP contribution is -2.09. The summed E-state index contributed by atoms with van der Waals surface area (Å²) in [7, 11) is 0. The molecule has 2 aromatic rings. The fraction of sp³-hybridized carbons (Fsp3) is 0.286. The van der Waals surface area contributed by atoms with Crippen molar-refractivity contribution < 1.29 is 14.3 Å². The monoisotopic (exact) mass is 338 g/mol. The third kappa shape index (κ3) is 2.14. The molecule has 104 valence electrons. The maximum atomic E-state index is 14.0. The topological polar surface area (TPSA) is 55.1 Å². The van der Waals surface area contributed by atoms with Gasteiger partial charge in [-0.3, -0.25) is 0 Å². The summed E-state index contributed by atoms with van der Waals surface area (Å²) in [6.45, 7) is 0. The van der Waals surface area contributed by atoms with E-state index in [1.165, 1.54) is 10.7 Å². The summed E-state index contributed by atoms with van der Waals surface area (Å²) in [6, 6.07) is 4.56. The van der Waals surface area contributed by atoms with Gasteiger partial charge in [-0.1, -0.05) is 15.9 Å². The van der Waals surface area contributed by atoms with Crippen molar-refractivity contribution in [3.63, 3.8) is 0 Å². The lowest BCUT2D eigenvalue weighted by molar-refractivity contribution is 0.0688. The third-order valence-corrected chi connectivity index (χ3v) is 4.01. The molecule has 0 saturated carbocycles. The first kappa shape index (κ1) is 13.3. The van der Waals surface area contributed by atoms with Gasteiger partial charge in [0.25, 0.3) is 0 Å². The molecule has 6 heteroatoms. The van der Waals surface area contributed by atoms with E-state index in [2.05, 4.69) is 21.0 Å². The van der Waals surface area contributed by atoms with Crippen LogP contribution in [0.25, 0.3) is 5.69 Å². The molecule has 1 N–H and O–H groups in total. The number of fused-ring (bicyclic) bond motifs is 1. The van der Waals surface area contributed by atoms with Crippen molar-refractivity contribution in [2.75, 3.05) is 0 Å². The quantitative estimate of drug-likeness (QED) is 0.913. The van der Waals surface area contributed by atoms with E-state index in [0.717, 1.165) is 35.0 Å². The van der Waals surface area contributed by atoms with Gasteiger partial charge in [0.1, 0.15) is 11.5 Å². The lowest BCUT2D eigenvalue weighted by atomic mass is 9.95. The largest absolute Gasteiger partial charge is 0.476 e. The van der Waals surface area contributed by atoms with Crippen LogP contribution in [0.5, 0.6) is 0 Å². The van der Waals surface area contributed by atoms with Gasteiger partial charge in [-0.2, -0.15) is 5.10 Å². The predicted molar refractivity (Wildman–Crippen MR) is 74.8 cm³/mol. The number of halogens is 2. The highest BCUT2D eigenvalue weighted by Gasteiger charge is 2.26. The molecule has 0 amide bonds. The summed E-state index contributed by atoms with van der Waals surface area (Å²) >= 11 is 3.30. The Bertz CT molecular complexity index is 697. The van der Waals surface area contributed by atoms with Gasteiger partial charge >= 0.3 is 5.97 Å². The molecule has 0 aliphatic heterocycles. The van der Waals surface area contributed by atoms with E-state index in [9.17, 15) is 14.3 Å². The molecular weight excluding hydrogens is 327 g/mol. The number of carboxylic acid groups (broad SMARTS) is 1. The average molecular weight is 339 g/mol. The Morgan fingerprint density at radius 1 is 1.35 bits per heavy atom. The first-order chi connectivity index (χ1) is 9.58. The normalized spacial score (nSPS) is 14.1. The van der Waals surface area contributed by atoms with Crippen LogP contribution in [0.1, 0.15) is 34.6 Å². The number of carboxylic acids is 1.